The summed E-state index contributed by atoms with van der Waals surface area (Å²) in [5.41, 5.74) is 6.93. The van der Waals surface area contributed by atoms with E-state index in [1.165, 1.54) is 0 Å². The van der Waals surface area contributed by atoms with E-state index in [0.29, 0.717) is 6.42 Å². The van der Waals surface area contributed by atoms with E-state index in [1.54, 1.807) is 12.4 Å². The van der Waals surface area contributed by atoms with Gasteiger partial charge in [-0.25, -0.2) is 8.42 Å². The molecule has 1 saturated heterocycles. The largest absolute Gasteiger partial charge is 0.324 e. The number of nitrogens with zero attached hydrogens (tertiary/aromatic N) is 1. The summed E-state index contributed by atoms with van der Waals surface area (Å²) in [6, 6.07) is 3.50. The molecule has 2 unspecified atom stereocenters. The predicted octanol–water partition coefficient (Wildman–Crippen LogP) is 0.516. The highest BCUT2D eigenvalue weighted by atomic mass is 32.2. The lowest BCUT2D eigenvalue weighted by atomic mass is 9.95. The van der Waals surface area contributed by atoms with Gasteiger partial charge in [-0.1, -0.05) is 6.07 Å². The summed E-state index contributed by atoms with van der Waals surface area (Å²) in [7, 11) is -2.85. The first-order valence-electron chi connectivity index (χ1n) is 4.94. The van der Waals surface area contributed by atoms with Crippen LogP contribution in [-0.4, -0.2) is 24.9 Å². The molecule has 0 saturated carbocycles. The van der Waals surface area contributed by atoms with Crippen molar-refractivity contribution in [3.05, 3.63) is 30.1 Å². The molecule has 0 aromatic carbocycles. The van der Waals surface area contributed by atoms with Crippen molar-refractivity contribution in [3.8, 4) is 0 Å². The molecule has 2 atom stereocenters. The van der Waals surface area contributed by atoms with Gasteiger partial charge in [-0.05, 0) is 24.0 Å². The van der Waals surface area contributed by atoms with Crippen LogP contribution in [0.1, 0.15) is 18.0 Å². The van der Waals surface area contributed by atoms with Crippen molar-refractivity contribution in [2.24, 2.45) is 11.7 Å². The van der Waals surface area contributed by atoms with E-state index in [9.17, 15) is 8.42 Å². The molecular formula is C10H14N2O2S. The van der Waals surface area contributed by atoms with E-state index in [2.05, 4.69) is 4.98 Å². The maximum atomic E-state index is 11.3. The molecule has 0 bridgehead atoms. The molecule has 5 heteroatoms. The molecule has 0 amide bonds. The van der Waals surface area contributed by atoms with E-state index < -0.39 is 9.84 Å². The van der Waals surface area contributed by atoms with Crippen LogP contribution in [0.25, 0.3) is 0 Å². The second-order valence-corrected chi connectivity index (χ2v) is 6.20. The summed E-state index contributed by atoms with van der Waals surface area (Å²) in [6.07, 6.45) is 4.05. The van der Waals surface area contributed by atoms with Crippen molar-refractivity contribution in [2.75, 3.05) is 11.5 Å². The van der Waals surface area contributed by atoms with Crippen molar-refractivity contribution in [3.63, 3.8) is 0 Å². The third-order valence-electron chi connectivity index (χ3n) is 2.84. The Kier molecular flexibility index (Phi) is 2.75. The molecule has 2 rings (SSSR count). The molecule has 2 heterocycles. The third kappa shape index (κ3) is 2.35. The maximum Gasteiger partial charge on any atom is 0.150 e. The van der Waals surface area contributed by atoms with Crippen molar-refractivity contribution < 1.29 is 8.42 Å². The van der Waals surface area contributed by atoms with Gasteiger partial charge in [0.05, 0.1) is 11.5 Å². The Morgan fingerprint density at radius 2 is 2.33 bits per heavy atom. The van der Waals surface area contributed by atoms with E-state index in [0.717, 1.165) is 5.56 Å². The molecule has 0 spiro atoms. The van der Waals surface area contributed by atoms with Crippen LogP contribution < -0.4 is 5.73 Å². The SMILES string of the molecule is NC(c1cccnc1)C1CCS(=O)(=O)C1. The van der Waals surface area contributed by atoms with Crippen LogP contribution in [0.15, 0.2) is 24.5 Å². The van der Waals surface area contributed by atoms with Crippen LogP contribution in [0.4, 0.5) is 0 Å². The first-order valence-corrected chi connectivity index (χ1v) is 6.76. The molecule has 4 nitrogen and oxygen atoms in total. The highest BCUT2D eigenvalue weighted by molar-refractivity contribution is 7.91. The van der Waals surface area contributed by atoms with Crippen molar-refractivity contribution in [2.45, 2.75) is 12.5 Å². The zero-order chi connectivity index (χ0) is 10.9. The topological polar surface area (TPSA) is 73.0 Å². The number of rotatable bonds is 2. The highest BCUT2D eigenvalue weighted by Gasteiger charge is 2.32. The van der Waals surface area contributed by atoms with Crippen LogP contribution >= 0.6 is 0 Å². The van der Waals surface area contributed by atoms with Crippen LogP contribution in [0.3, 0.4) is 0 Å². The van der Waals surface area contributed by atoms with Crippen molar-refractivity contribution in [1.82, 2.24) is 4.98 Å². The van der Waals surface area contributed by atoms with Gasteiger partial charge in [-0.15, -0.1) is 0 Å². The van der Waals surface area contributed by atoms with E-state index in [1.807, 2.05) is 12.1 Å². The van der Waals surface area contributed by atoms with Gasteiger partial charge in [-0.3, -0.25) is 4.98 Å². The summed E-state index contributed by atoms with van der Waals surface area (Å²) in [6.45, 7) is 0. The zero-order valence-electron chi connectivity index (χ0n) is 8.33. The first kappa shape index (κ1) is 10.6. The standard InChI is InChI=1S/C10H14N2O2S/c11-10(8-2-1-4-12-6-8)9-3-5-15(13,14)7-9/h1-2,4,6,9-10H,3,5,7,11H2. The number of nitrogens with two attached hydrogens (primary N) is 1. The van der Waals surface area contributed by atoms with Crippen LogP contribution in [0.2, 0.25) is 0 Å². The molecule has 15 heavy (non-hydrogen) atoms. The smallest absolute Gasteiger partial charge is 0.150 e. The molecular weight excluding hydrogens is 212 g/mol. The summed E-state index contributed by atoms with van der Waals surface area (Å²) in [4.78, 5) is 3.98. The van der Waals surface area contributed by atoms with Gasteiger partial charge in [-0.2, -0.15) is 0 Å². The second kappa shape index (κ2) is 3.90. The lowest BCUT2D eigenvalue weighted by Crippen LogP contribution is -2.22. The third-order valence-corrected chi connectivity index (χ3v) is 4.64. The van der Waals surface area contributed by atoms with Gasteiger partial charge in [0.25, 0.3) is 0 Å². The average molecular weight is 226 g/mol. The Hall–Kier alpha value is -0.940. The van der Waals surface area contributed by atoms with Gasteiger partial charge < -0.3 is 5.73 Å². The first-order chi connectivity index (χ1) is 7.08. The van der Waals surface area contributed by atoms with Crippen molar-refractivity contribution >= 4 is 9.84 Å². The Bertz CT molecular complexity index is 430. The molecule has 1 aromatic rings. The maximum absolute atomic E-state index is 11.3. The Morgan fingerprint density at radius 1 is 1.53 bits per heavy atom. The fraction of sp³-hybridized carbons (Fsp3) is 0.500. The quantitative estimate of drug-likeness (QED) is 0.797. The monoisotopic (exact) mass is 226 g/mol. The Balaban J connectivity index is 2.14. The molecule has 82 valence electrons. The minimum absolute atomic E-state index is 0.0409. The lowest BCUT2D eigenvalue weighted by Gasteiger charge is -2.17. The number of pyridine rings is 1. The van der Waals surface area contributed by atoms with Crippen LogP contribution in [0, 0.1) is 5.92 Å². The normalized spacial score (nSPS) is 26.3. The number of hydrogen-bond acceptors (Lipinski definition) is 4. The fourth-order valence-electron chi connectivity index (χ4n) is 1.95. The van der Waals surface area contributed by atoms with Gasteiger partial charge in [0, 0.05) is 18.4 Å². The molecule has 1 aliphatic rings. The molecule has 2 N–H and O–H groups in total. The summed E-state index contributed by atoms with van der Waals surface area (Å²) < 4.78 is 22.6. The molecule has 1 aromatic heterocycles. The Labute approximate surface area is 89.4 Å². The Morgan fingerprint density at radius 3 is 2.87 bits per heavy atom. The van der Waals surface area contributed by atoms with Crippen LogP contribution in [-0.2, 0) is 9.84 Å². The van der Waals surface area contributed by atoms with E-state index >= 15 is 0 Å². The number of sulfone groups is 1. The fourth-order valence-corrected chi connectivity index (χ4v) is 3.81. The van der Waals surface area contributed by atoms with Gasteiger partial charge >= 0.3 is 0 Å². The van der Waals surface area contributed by atoms with E-state index in [-0.39, 0.29) is 23.5 Å². The summed E-state index contributed by atoms with van der Waals surface area (Å²) in [5, 5.41) is 0. The highest BCUT2D eigenvalue weighted by Crippen LogP contribution is 2.28. The van der Waals surface area contributed by atoms with E-state index in [4.69, 9.17) is 5.73 Å². The number of aromatic nitrogens is 1. The summed E-state index contributed by atoms with van der Waals surface area (Å²) >= 11 is 0. The van der Waals surface area contributed by atoms with Gasteiger partial charge in [0.2, 0.25) is 0 Å². The molecule has 0 radical (unpaired) electrons. The minimum atomic E-state index is -2.85. The van der Waals surface area contributed by atoms with Gasteiger partial charge in [0.15, 0.2) is 9.84 Å². The van der Waals surface area contributed by atoms with Crippen LogP contribution in [0.5, 0.6) is 0 Å². The molecule has 1 aliphatic heterocycles. The summed E-state index contributed by atoms with van der Waals surface area (Å²) in [5.74, 6) is 0.522. The van der Waals surface area contributed by atoms with Crippen molar-refractivity contribution in [1.29, 1.82) is 0 Å². The molecule has 1 fully saturated rings. The minimum Gasteiger partial charge on any atom is -0.324 e. The van der Waals surface area contributed by atoms with Gasteiger partial charge in [0.1, 0.15) is 0 Å². The second-order valence-electron chi connectivity index (χ2n) is 3.98. The molecule has 0 aliphatic carbocycles. The zero-order valence-corrected chi connectivity index (χ0v) is 9.15. The number of hydrogen-bond donors (Lipinski definition) is 1. The average Bonchev–Trinajstić information content (AvgIpc) is 2.59. The lowest BCUT2D eigenvalue weighted by molar-refractivity contribution is 0.479. The predicted molar refractivity (Wildman–Crippen MR) is 57.9 cm³/mol.